The second-order valence-electron chi connectivity index (χ2n) is 8.25. The minimum absolute atomic E-state index is 0.146. The Morgan fingerprint density at radius 2 is 2.00 bits per heavy atom. The van der Waals surface area contributed by atoms with Crippen LogP contribution in [-0.2, 0) is 11.2 Å². The lowest BCUT2D eigenvalue weighted by Crippen LogP contribution is -2.40. The van der Waals surface area contributed by atoms with Crippen molar-refractivity contribution < 1.29 is 14.3 Å². The number of pyridine rings is 1. The van der Waals surface area contributed by atoms with Crippen LogP contribution in [0.1, 0.15) is 57.1 Å². The molecule has 5 heteroatoms. The van der Waals surface area contributed by atoms with Gasteiger partial charge in [0, 0.05) is 30.3 Å². The van der Waals surface area contributed by atoms with E-state index < -0.39 is 5.60 Å². The zero-order chi connectivity index (χ0) is 17.1. The van der Waals surface area contributed by atoms with Crippen LogP contribution in [0, 0.1) is 5.92 Å². The van der Waals surface area contributed by atoms with E-state index in [4.69, 9.17) is 9.47 Å². The summed E-state index contributed by atoms with van der Waals surface area (Å²) in [6.45, 7) is 5.80. The smallest absolute Gasteiger partial charge is 0.410 e. The molecule has 0 saturated carbocycles. The van der Waals surface area contributed by atoms with Crippen LogP contribution in [0.25, 0.3) is 0 Å². The third kappa shape index (κ3) is 2.36. The van der Waals surface area contributed by atoms with Gasteiger partial charge in [0.2, 0.25) is 5.88 Å². The minimum atomic E-state index is -0.447. The van der Waals surface area contributed by atoms with Crippen molar-refractivity contribution >= 4 is 6.09 Å². The molecule has 0 radical (unpaired) electrons. The third-order valence-corrected chi connectivity index (χ3v) is 5.76. The van der Waals surface area contributed by atoms with Crippen LogP contribution < -0.4 is 4.74 Å². The summed E-state index contributed by atoms with van der Waals surface area (Å²) in [5.41, 5.74) is 2.20. The molecule has 0 N–H and O–H groups in total. The fourth-order valence-electron chi connectivity index (χ4n) is 4.99. The first-order chi connectivity index (χ1) is 11.4. The Morgan fingerprint density at radius 3 is 2.71 bits per heavy atom. The molecule has 2 fully saturated rings. The molecule has 24 heavy (non-hydrogen) atoms. The van der Waals surface area contributed by atoms with Crippen molar-refractivity contribution in [3.8, 4) is 5.88 Å². The standard InChI is InChI=1S/C19H26N2O3/c1-19(2,3)24-18(22)21-14-7-8-15(21)17-12(14)6-5-11-9-16(23-4)20-10-13(11)17/h9-10,12,14-15,17H,5-8H2,1-4H3/t12-,14-,15+,17+/m0/s1. The van der Waals surface area contributed by atoms with Gasteiger partial charge in [-0.1, -0.05) is 0 Å². The Labute approximate surface area is 143 Å². The highest BCUT2D eigenvalue weighted by Crippen LogP contribution is 2.55. The summed E-state index contributed by atoms with van der Waals surface area (Å²) in [4.78, 5) is 19.2. The summed E-state index contributed by atoms with van der Waals surface area (Å²) in [5, 5.41) is 0. The summed E-state index contributed by atoms with van der Waals surface area (Å²) in [7, 11) is 1.65. The van der Waals surface area contributed by atoms with E-state index in [1.807, 2.05) is 31.9 Å². The number of nitrogens with zero attached hydrogens (tertiary/aromatic N) is 2. The van der Waals surface area contributed by atoms with Crippen LogP contribution in [0.4, 0.5) is 4.79 Å². The molecule has 3 heterocycles. The zero-order valence-corrected chi connectivity index (χ0v) is 14.9. The van der Waals surface area contributed by atoms with Gasteiger partial charge in [0.05, 0.1) is 7.11 Å². The largest absolute Gasteiger partial charge is 0.481 e. The van der Waals surface area contributed by atoms with Gasteiger partial charge in [-0.3, -0.25) is 0 Å². The zero-order valence-electron chi connectivity index (χ0n) is 14.9. The van der Waals surface area contributed by atoms with Gasteiger partial charge in [0.25, 0.3) is 0 Å². The first-order valence-corrected chi connectivity index (χ1v) is 8.93. The summed E-state index contributed by atoms with van der Waals surface area (Å²) < 4.78 is 11.0. The highest BCUT2D eigenvalue weighted by Gasteiger charge is 2.57. The predicted octanol–water partition coefficient (Wildman–Crippen LogP) is 3.52. The number of rotatable bonds is 1. The SMILES string of the molecule is COc1cc2c(cn1)[C@H]1[C@@H](CC2)[C@@H]2CC[C@H]1N2C(=O)OC(C)(C)C. The number of hydrogen-bond acceptors (Lipinski definition) is 4. The van der Waals surface area contributed by atoms with Crippen molar-refractivity contribution in [3.63, 3.8) is 0 Å². The summed E-state index contributed by atoms with van der Waals surface area (Å²) >= 11 is 0. The van der Waals surface area contributed by atoms with Gasteiger partial charge in [-0.2, -0.15) is 0 Å². The van der Waals surface area contributed by atoms with Crippen LogP contribution in [0.15, 0.2) is 12.3 Å². The van der Waals surface area contributed by atoms with Gasteiger partial charge in [-0.15, -0.1) is 0 Å². The molecule has 0 unspecified atom stereocenters. The van der Waals surface area contributed by atoms with Gasteiger partial charge in [-0.25, -0.2) is 9.78 Å². The highest BCUT2D eigenvalue weighted by atomic mass is 16.6. The van der Waals surface area contributed by atoms with Gasteiger partial charge >= 0.3 is 6.09 Å². The molecule has 2 aliphatic heterocycles. The predicted molar refractivity (Wildman–Crippen MR) is 90.2 cm³/mol. The van der Waals surface area contributed by atoms with Crippen LogP contribution in [0.3, 0.4) is 0 Å². The molecule has 1 amide bonds. The maximum absolute atomic E-state index is 12.7. The van der Waals surface area contributed by atoms with Crippen molar-refractivity contribution in [2.75, 3.05) is 7.11 Å². The topological polar surface area (TPSA) is 51.7 Å². The fourth-order valence-corrected chi connectivity index (χ4v) is 4.99. The molecule has 2 bridgehead atoms. The van der Waals surface area contributed by atoms with Gasteiger partial charge in [0.15, 0.2) is 0 Å². The van der Waals surface area contributed by atoms with Gasteiger partial charge in [0.1, 0.15) is 5.60 Å². The minimum Gasteiger partial charge on any atom is -0.481 e. The average molecular weight is 330 g/mol. The molecule has 5 nitrogen and oxygen atoms in total. The fraction of sp³-hybridized carbons (Fsp3) is 0.684. The monoisotopic (exact) mass is 330 g/mol. The van der Waals surface area contributed by atoms with E-state index in [-0.39, 0.29) is 12.1 Å². The van der Waals surface area contributed by atoms with Gasteiger partial charge in [-0.05, 0) is 63.5 Å². The van der Waals surface area contributed by atoms with Crippen molar-refractivity contribution in [2.45, 2.75) is 70.1 Å². The lowest BCUT2D eigenvalue weighted by molar-refractivity contribution is 0.0203. The molecule has 4 atom stereocenters. The summed E-state index contributed by atoms with van der Waals surface area (Å²) in [5.74, 6) is 1.62. The average Bonchev–Trinajstić information content (AvgIpc) is 3.09. The van der Waals surface area contributed by atoms with E-state index in [2.05, 4.69) is 11.1 Å². The number of carbonyl (C=O) groups is 1. The molecule has 130 valence electrons. The second kappa shape index (κ2) is 5.36. The van der Waals surface area contributed by atoms with Crippen LogP contribution in [0.5, 0.6) is 5.88 Å². The molecule has 4 rings (SSSR count). The molecule has 0 aromatic carbocycles. The highest BCUT2D eigenvalue weighted by molar-refractivity contribution is 5.71. The Kier molecular flexibility index (Phi) is 3.52. The number of ether oxygens (including phenoxy) is 2. The number of methoxy groups -OCH3 is 1. The first-order valence-electron chi connectivity index (χ1n) is 8.93. The number of aryl methyl sites for hydroxylation is 1. The quantitative estimate of drug-likeness (QED) is 0.790. The van der Waals surface area contributed by atoms with Crippen LogP contribution in [-0.4, -0.2) is 40.8 Å². The lowest BCUT2D eigenvalue weighted by Gasteiger charge is -2.34. The molecular formula is C19H26N2O3. The van der Waals surface area contributed by atoms with Crippen LogP contribution >= 0.6 is 0 Å². The number of amides is 1. The number of fused-ring (bicyclic) bond motifs is 7. The second-order valence-corrected chi connectivity index (χ2v) is 8.25. The van der Waals surface area contributed by atoms with E-state index in [0.717, 1.165) is 25.7 Å². The Bertz CT molecular complexity index is 667. The van der Waals surface area contributed by atoms with Crippen molar-refractivity contribution in [2.24, 2.45) is 5.92 Å². The number of carbonyl (C=O) groups excluding carboxylic acids is 1. The van der Waals surface area contributed by atoms with E-state index in [1.54, 1.807) is 7.11 Å². The number of aromatic nitrogens is 1. The molecule has 0 spiro atoms. The summed E-state index contributed by atoms with van der Waals surface area (Å²) in [6.07, 6.45) is 6.17. The third-order valence-electron chi connectivity index (χ3n) is 5.76. The molecule has 2 saturated heterocycles. The maximum Gasteiger partial charge on any atom is 0.410 e. The van der Waals surface area contributed by atoms with E-state index in [1.165, 1.54) is 11.1 Å². The van der Waals surface area contributed by atoms with Crippen molar-refractivity contribution in [1.82, 2.24) is 9.88 Å². The molecule has 1 aromatic rings. The summed E-state index contributed by atoms with van der Waals surface area (Å²) in [6, 6.07) is 2.64. The molecule has 1 aromatic heterocycles. The van der Waals surface area contributed by atoms with Crippen LogP contribution in [0.2, 0.25) is 0 Å². The molecule has 3 aliphatic rings. The van der Waals surface area contributed by atoms with E-state index in [0.29, 0.717) is 23.8 Å². The lowest BCUT2D eigenvalue weighted by atomic mass is 9.69. The number of hydrogen-bond donors (Lipinski definition) is 0. The first kappa shape index (κ1) is 15.7. The Morgan fingerprint density at radius 1 is 1.25 bits per heavy atom. The van der Waals surface area contributed by atoms with Crippen molar-refractivity contribution in [1.29, 1.82) is 0 Å². The van der Waals surface area contributed by atoms with Crippen molar-refractivity contribution in [3.05, 3.63) is 23.4 Å². The normalized spacial score (nSPS) is 30.8. The molecular weight excluding hydrogens is 304 g/mol. The van der Waals surface area contributed by atoms with E-state index in [9.17, 15) is 4.79 Å². The van der Waals surface area contributed by atoms with Gasteiger partial charge < -0.3 is 14.4 Å². The van der Waals surface area contributed by atoms with E-state index >= 15 is 0 Å². The Hall–Kier alpha value is -1.78. The molecule has 1 aliphatic carbocycles. The maximum atomic E-state index is 12.7. The Balaban J connectivity index is 1.65.